The highest BCUT2D eigenvalue weighted by Gasteiger charge is 2.32. The lowest BCUT2D eigenvalue weighted by Crippen LogP contribution is -2.41. The average molecular weight is 573 g/mol. The molecule has 6 rings (SSSR count). The summed E-state index contributed by atoms with van der Waals surface area (Å²) < 4.78 is 24.6. The van der Waals surface area contributed by atoms with Crippen LogP contribution in [-0.2, 0) is 22.8 Å². The van der Waals surface area contributed by atoms with Crippen LogP contribution in [0.4, 0.5) is 11.5 Å². The molecule has 0 amide bonds. The Kier molecular flexibility index (Phi) is 7.04. The predicted molar refractivity (Wildman–Crippen MR) is 167 cm³/mol. The normalized spacial score (nSPS) is 16.6. The molecule has 4 heterocycles. The molecular formula is C32H40N6O2S. The first-order chi connectivity index (χ1) is 19.5. The van der Waals surface area contributed by atoms with E-state index in [0.717, 1.165) is 70.1 Å². The van der Waals surface area contributed by atoms with Crippen molar-refractivity contribution in [2.24, 2.45) is 0 Å². The maximum absolute atomic E-state index is 12.3. The Morgan fingerprint density at radius 1 is 0.951 bits per heavy atom. The molecule has 0 bridgehead atoms. The largest absolute Gasteiger partial charge is 0.366 e. The number of hydrogen-bond donors (Lipinski definition) is 1. The summed E-state index contributed by atoms with van der Waals surface area (Å²) >= 11 is 0. The minimum absolute atomic E-state index is 0.293. The van der Waals surface area contributed by atoms with Crippen LogP contribution in [0.15, 0.2) is 30.3 Å². The molecule has 41 heavy (non-hydrogen) atoms. The summed E-state index contributed by atoms with van der Waals surface area (Å²) in [4.78, 5) is 15.3. The highest BCUT2D eigenvalue weighted by Crippen LogP contribution is 2.38. The van der Waals surface area contributed by atoms with E-state index in [1.807, 2.05) is 13.0 Å². The molecule has 0 atom stereocenters. The van der Waals surface area contributed by atoms with Crippen LogP contribution in [0, 0.1) is 20.8 Å². The van der Waals surface area contributed by atoms with Gasteiger partial charge in [0.15, 0.2) is 5.82 Å². The van der Waals surface area contributed by atoms with Crippen LogP contribution in [0.3, 0.4) is 0 Å². The van der Waals surface area contributed by atoms with E-state index < -0.39 is 9.84 Å². The molecule has 9 heteroatoms. The zero-order valence-corrected chi connectivity index (χ0v) is 25.8. The van der Waals surface area contributed by atoms with Crippen molar-refractivity contribution in [2.45, 2.75) is 71.6 Å². The molecule has 0 aliphatic carbocycles. The van der Waals surface area contributed by atoms with Crippen molar-refractivity contribution >= 4 is 32.2 Å². The van der Waals surface area contributed by atoms with Gasteiger partial charge in [0.25, 0.3) is 0 Å². The molecule has 0 saturated carbocycles. The van der Waals surface area contributed by atoms with E-state index >= 15 is 0 Å². The summed E-state index contributed by atoms with van der Waals surface area (Å²) in [5.41, 5.74) is 10.2. The molecule has 1 N–H and O–H groups in total. The molecule has 2 aliphatic heterocycles. The summed E-state index contributed by atoms with van der Waals surface area (Å²) in [6.07, 6.45) is 3.41. The van der Waals surface area contributed by atoms with Gasteiger partial charge in [-0.15, -0.1) is 0 Å². The molecule has 216 valence electrons. The van der Waals surface area contributed by atoms with E-state index in [1.54, 1.807) is 0 Å². The van der Waals surface area contributed by atoms with Crippen molar-refractivity contribution in [3.8, 4) is 11.4 Å². The maximum Gasteiger partial charge on any atom is 0.162 e. The number of aryl methyl sites for hydroxylation is 3. The Morgan fingerprint density at radius 2 is 1.68 bits per heavy atom. The fourth-order valence-electron chi connectivity index (χ4n) is 6.45. The third kappa shape index (κ3) is 5.09. The molecule has 1 fully saturated rings. The van der Waals surface area contributed by atoms with Crippen molar-refractivity contribution in [3.05, 3.63) is 64.0 Å². The number of aromatic amines is 1. The average Bonchev–Trinajstić information content (AvgIpc) is 3.32. The van der Waals surface area contributed by atoms with Crippen LogP contribution in [0.1, 0.15) is 66.2 Å². The van der Waals surface area contributed by atoms with E-state index in [-0.39, 0.29) is 5.25 Å². The number of aromatic nitrogens is 4. The van der Waals surface area contributed by atoms with Crippen LogP contribution in [0.2, 0.25) is 0 Å². The van der Waals surface area contributed by atoms with Gasteiger partial charge in [0, 0.05) is 66.8 Å². The molecule has 8 nitrogen and oxygen atoms in total. The van der Waals surface area contributed by atoms with Gasteiger partial charge in [-0.25, -0.2) is 18.4 Å². The number of rotatable bonds is 5. The molecule has 0 radical (unpaired) electrons. The first kappa shape index (κ1) is 27.7. The number of nitrogens with zero attached hydrogens (tertiary/aromatic N) is 5. The molecule has 2 aromatic carbocycles. The number of nitrogens with one attached hydrogen (secondary N) is 1. The Balaban J connectivity index is 1.46. The number of sulfone groups is 1. The third-order valence-corrected chi connectivity index (χ3v) is 10.6. The Bertz CT molecular complexity index is 1730. The molecule has 0 spiro atoms. The summed E-state index contributed by atoms with van der Waals surface area (Å²) in [5.74, 6) is 2.13. The lowest BCUT2D eigenvalue weighted by atomic mass is 9.97. The number of piperidine rings is 1. The second-order valence-corrected chi connectivity index (χ2v) is 14.5. The minimum atomic E-state index is -3.07. The Hall–Kier alpha value is -3.46. The van der Waals surface area contributed by atoms with Crippen LogP contribution >= 0.6 is 0 Å². The quantitative estimate of drug-likeness (QED) is 0.330. The van der Waals surface area contributed by atoms with Crippen molar-refractivity contribution in [2.75, 3.05) is 35.7 Å². The smallest absolute Gasteiger partial charge is 0.162 e. The van der Waals surface area contributed by atoms with E-state index in [4.69, 9.17) is 9.97 Å². The third-order valence-electron chi connectivity index (χ3n) is 8.96. The molecule has 2 aliphatic rings. The lowest BCUT2D eigenvalue weighted by molar-refractivity contribution is 0.530. The van der Waals surface area contributed by atoms with Crippen LogP contribution in [0.5, 0.6) is 0 Å². The first-order valence-corrected chi connectivity index (χ1v) is 16.6. The second-order valence-electron chi connectivity index (χ2n) is 12.2. The van der Waals surface area contributed by atoms with Gasteiger partial charge in [-0.3, -0.25) is 5.10 Å². The standard InChI is InChI=1S/C32H40N6O2S/c1-19(2)23-9-7-20(3)28(17-23)38-16-13-26-25(18-38)32(37-14-11-24(12-15-37)41(6,39)40)34-31(33-26)29-21(4)8-10-27-30(29)22(5)35-36-27/h7-10,17,19,24H,11-16,18H2,1-6H3,(H,35,36). The maximum atomic E-state index is 12.3. The van der Waals surface area contributed by atoms with Crippen molar-refractivity contribution in [1.29, 1.82) is 0 Å². The molecule has 4 aromatic rings. The highest BCUT2D eigenvalue weighted by molar-refractivity contribution is 7.91. The monoisotopic (exact) mass is 572 g/mol. The summed E-state index contributed by atoms with van der Waals surface area (Å²) in [7, 11) is -3.07. The zero-order chi connectivity index (χ0) is 29.1. The fraction of sp³-hybridized carbons (Fsp3) is 0.469. The van der Waals surface area contributed by atoms with Crippen molar-refractivity contribution < 1.29 is 8.42 Å². The van der Waals surface area contributed by atoms with Crippen LogP contribution in [-0.4, -0.2) is 59.7 Å². The highest BCUT2D eigenvalue weighted by atomic mass is 32.2. The lowest BCUT2D eigenvalue weighted by Gasteiger charge is -2.37. The van der Waals surface area contributed by atoms with Gasteiger partial charge in [0.05, 0.1) is 16.5 Å². The SMILES string of the molecule is Cc1ccc(C(C)C)cc1N1CCc2nc(-c3c(C)ccc4n[nH]c(C)c34)nc(N3CCC(S(C)(=O)=O)CC3)c2C1. The van der Waals surface area contributed by atoms with Crippen LogP contribution in [0.25, 0.3) is 22.3 Å². The van der Waals surface area contributed by atoms with Gasteiger partial charge < -0.3 is 9.80 Å². The van der Waals surface area contributed by atoms with Gasteiger partial charge in [0.1, 0.15) is 15.7 Å². The number of anilines is 2. The fourth-order valence-corrected chi connectivity index (χ4v) is 7.52. The summed E-state index contributed by atoms with van der Waals surface area (Å²) in [6.45, 7) is 13.7. The van der Waals surface area contributed by atoms with Gasteiger partial charge in [-0.05, 0) is 68.4 Å². The van der Waals surface area contributed by atoms with E-state index in [0.29, 0.717) is 31.8 Å². The van der Waals surface area contributed by atoms with E-state index in [1.165, 1.54) is 23.1 Å². The predicted octanol–water partition coefficient (Wildman–Crippen LogP) is 5.64. The zero-order valence-electron chi connectivity index (χ0n) is 25.0. The first-order valence-electron chi connectivity index (χ1n) is 14.6. The van der Waals surface area contributed by atoms with Crippen molar-refractivity contribution in [3.63, 3.8) is 0 Å². The summed E-state index contributed by atoms with van der Waals surface area (Å²) in [5, 5.41) is 8.40. The Labute approximate surface area is 243 Å². The van der Waals surface area contributed by atoms with Gasteiger partial charge >= 0.3 is 0 Å². The van der Waals surface area contributed by atoms with Gasteiger partial charge in [0.2, 0.25) is 0 Å². The van der Waals surface area contributed by atoms with Gasteiger partial charge in [-0.1, -0.05) is 32.0 Å². The number of benzene rings is 2. The number of hydrogen-bond acceptors (Lipinski definition) is 7. The Morgan fingerprint density at radius 3 is 2.39 bits per heavy atom. The molecular weight excluding hydrogens is 532 g/mol. The number of fused-ring (bicyclic) bond motifs is 2. The summed E-state index contributed by atoms with van der Waals surface area (Å²) in [6, 6.07) is 10.9. The molecule has 1 saturated heterocycles. The van der Waals surface area contributed by atoms with Crippen molar-refractivity contribution in [1.82, 2.24) is 20.2 Å². The second kappa shape index (κ2) is 10.4. The molecule has 0 unspecified atom stereocenters. The molecule has 2 aromatic heterocycles. The topological polar surface area (TPSA) is 95.1 Å². The van der Waals surface area contributed by atoms with Crippen LogP contribution < -0.4 is 9.80 Å². The van der Waals surface area contributed by atoms with E-state index in [2.05, 4.69) is 72.0 Å². The minimum Gasteiger partial charge on any atom is -0.366 e. The number of H-pyrrole nitrogens is 1. The van der Waals surface area contributed by atoms with Gasteiger partial charge in [-0.2, -0.15) is 5.10 Å². The van der Waals surface area contributed by atoms with E-state index in [9.17, 15) is 8.42 Å².